The Morgan fingerprint density at radius 2 is 1.90 bits per heavy atom. The van der Waals surface area contributed by atoms with Gasteiger partial charge < -0.3 is 24.6 Å². The van der Waals surface area contributed by atoms with Crippen molar-refractivity contribution in [2.75, 3.05) is 6.61 Å². The molecule has 2 aliphatic carbocycles. The van der Waals surface area contributed by atoms with E-state index in [-0.39, 0.29) is 42.7 Å². The van der Waals surface area contributed by atoms with E-state index in [4.69, 9.17) is 4.74 Å². The number of hydrogen-bond donors (Lipinski definition) is 2. The van der Waals surface area contributed by atoms with E-state index < -0.39 is 5.60 Å². The summed E-state index contributed by atoms with van der Waals surface area (Å²) in [6.07, 6.45) is 7.98. The molecule has 0 aromatic carbocycles. The number of aryl methyl sites for hydroxylation is 1. The molecule has 0 radical (unpaired) electrons. The molecule has 0 atom stereocenters. The highest BCUT2D eigenvalue weighted by Crippen LogP contribution is 2.36. The second-order valence-electron chi connectivity index (χ2n) is 9.46. The number of rotatable bonds is 5. The standard InChI is InChI=1S/C21H34N4O4/c1-21(2,3)29-20(28)23-15-5-7-16(8-6-15)25(17-9-14(10-17)12-26)19(27)18-11-24(4)13-22-18/h11,13-17,26H,5-10,12H2,1-4H3,(H,23,28). The number of aromatic nitrogens is 2. The van der Waals surface area contributed by atoms with Gasteiger partial charge in [0.1, 0.15) is 11.3 Å². The Hall–Kier alpha value is -2.09. The van der Waals surface area contributed by atoms with E-state index in [9.17, 15) is 14.7 Å². The molecule has 8 nitrogen and oxygen atoms in total. The van der Waals surface area contributed by atoms with Gasteiger partial charge in [0.05, 0.1) is 6.33 Å². The van der Waals surface area contributed by atoms with Gasteiger partial charge in [-0.25, -0.2) is 9.78 Å². The second-order valence-corrected chi connectivity index (χ2v) is 9.46. The minimum Gasteiger partial charge on any atom is -0.444 e. The van der Waals surface area contributed by atoms with Gasteiger partial charge in [0.2, 0.25) is 0 Å². The third-order valence-electron chi connectivity index (χ3n) is 5.83. The van der Waals surface area contributed by atoms with E-state index >= 15 is 0 Å². The molecule has 2 fully saturated rings. The van der Waals surface area contributed by atoms with Crippen molar-refractivity contribution in [2.24, 2.45) is 13.0 Å². The van der Waals surface area contributed by atoms with E-state index in [1.165, 1.54) is 0 Å². The summed E-state index contributed by atoms with van der Waals surface area (Å²) in [6.45, 7) is 5.73. The highest BCUT2D eigenvalue weighted by molar-refractivity contribution is 5.92. The van der Waals surface area contributed by atoms with E-state index in [0.717, 1.165) is 38.5 Å². The molecule has 0 saturated heterocycles. The molecular formula is C21H34N4O4. The summed E-state index contributed by atoms with van der Waals surface area (Å²) in [5, 5.41) is 12.3. The van der Waals surface area contributed by atoms with Crippen molar-refractivity contribution in [2.45, 2.75) is 83.0 Å². The van der Waals surface area contributed by atoms with Crippen LogP contribution in [0.25, 0.3) is 0 Å². The fraction of sp³-hybridized carbons (Fsp3) is 0.762. The van der Waals surface area contributed by atoms with Crippen LogP contribution in [0.3, 0.4) is 0 Å². The quantitative estimate of drug-likeness (QED) is 0.783. The number of aliphatic hydroxyl groups excluding tert-OH is 1. The second kappa shape index (κ2) is 8.73. The average molecular weight is 407 g/mol. The summed E-state index contributed by atoms with van der Waals surface area (Å²) in [6, 6.07) is 0.354. The van der Waals surface area contributed by atoms with Crippen LogP contribution in [-0.2, 0) is 11.8 Å². The van der Waals surface area contributed by atoms with Crippen molar-refractivity contribution >= 4 is 12.0 Å². The topological polar surface area (TPSA) is 96.7 Å². The van der Waals surface area contributed by atoms with Crippen LogP contribution in [0.4, 0.5) is 4.79 Å². The maximum Gasteiger partial charge on any atom is 0.407 e. The van der Waals surface area contributed by atoms with E-state index in [0.29, 0.717) is 5.69 Å². The summed E-state index contributed by atoms with van der Waals surface area (Å²) in [5.74, 6) is 0.250. The third-order valence-corrected chi connectivity index (χ3v) is 5.83. The molecule has 1 aromatic rings. The zero-order valence-corrected chi connectivity index (χ0v) is 17.9. The number of alkyl carbamates (subject to hydrolysis) is 1. The van der Waals surface area contributed by atoms with E-state index in [1.54, 1.807) is 17.1 Å². The maximum absolute atomic E-state index is 13.2. The largest absolute Gasteiger partial charge is 0.444 e. The molecule has 2 aliphatic rings. The Morgan fingerprint density at radius 3 is 2.41 bits per heavy atom. The van der Waals surface area contributed by atoms with Crippen LogP contribution < -0.4 is 5.32 Å². The van der Waals surface area contributed by atoms with Gasteiger partial charge in [-0.1, -0.05) is 0 Å². The van der Waals surface area contributed by atoms with Gasteiger partial charge in [0.25, 0.3) is 5.91 Å². The normalized spacial score (nSPS) is 27.1. The Morgan fingerprint density at radius 1 is 1.24 bits per heavy atom. The summed E-state index contributed by atoms with van der Waals surface area (Å²) in [4.78, 5) is 31.5. The molecule has 29 heavy (non-hydrogen) atoms. The van der Waals surface area contributed by atoms with Crippen molar-refractivity contribution in [1.29, 1.82) is 0 Å². The molecule has 1 aromatic heterocycles. The first kappa shape index (κ1) is 21.6. The average Bonchev–Trinajstić information content (AvgIpc) is 3.03. The molecular weight excluding hydrogens is 372 g/mol. The lowest BCUT2D eigenvalue weighted by Gasteiger charge is -2.47. The minimum atomic E-state index is -0.513. The first-order chi connectivity index (χ1) is 13.7. The number of aliphatic hydroxyl groups is 1. The Kier molecular flexibility index (Phi) is 6.51. The number of nitrogens with zero attached hydrogens (tertiary/aromatic N) is 3. The first-order valence-corrected chi connectivity index (χ1v) is 10.6. The molecule has 8 heteroatoms. The van der Waals surface area contributed by atoms with Gasteiger partial charge in [-0.15, -0.1) is 0 Å². The number of carbonyl (C=O) groups is 2. The number of ether oxygens (including phenoxy) is 1. The molecule has 0 spiro atoms. The smallest absolute Gasteiger partial charge is 0.407 e. The van der Waals surface area contributed by atoms with E-state index in [1.807, 2.05) is 32.7 Å². The molecule has 0 unspecified atom stereocenters. The van der Waals surface area contributed by atoms with Gasteiger partial charge in [-0.3, -0.25) is 4.79 Å². The highest BCUT2D eigenvalue weighted by Gasteiger charge is 2.41. The van der Waals surface area contributed by atoms with Crippen molar-refractivity contribution in [3.63, 3.8) is 0 Å². The Balaban J connectivity index is 1.61. The summed E-state index contributed by atoms with van der Waals surface area (Å²) in [7, 11) is 1.85. The SMILES string of the molecule is Cn1cnc(C(=O)N(C2CCC(NC(=O)OC(C)(C)C)CC2)C2CC(CO)C2)c1. The molecule has 2 saturated carbocycles. The lowest BCUT2D eigenvalue weighted by atomic mass is 9.77. The van der Waals surface area contributed by atoms with Gasteiger partial charge in [0, 0.05) is 38.0 Å². The van der Waals surface area contributed by atoms with Crippen molar-refractivity contribution in [1.82, 2.24) is 19.8 Å². The minimum absolute atomic E-state index is 0.0319. The Bertz CT molecular complexity index is 713. The predicted molar refractivity (Wildman–Crippen MR) is 108 cm³/mol. The lowest BCUT2D eigenvalue weighted by Crippen LogP contribution is -2.55. The lowest BCUT2D eigenvalue weighted by molar-refractivity contribution is 0.00722. The molecule has 0 aliphatic heterocycles. The fourth-order valence-corrected chi connectivity index (χ4v) is 4.33. The van der Waals surface area contributed by atoms with Crippen molar-refractivity contribution in [3.8, 4) is 0 Å². The predicted octanol–water partition coefficient (Wildman–Crippen LogP) is 2.47. The molecule has 2 amide bonds. The number of amides is 2. The van der Waals surface area contributed by atoms with Crippen LogP contribution in [0.5, 0.6) is 0 Å². The zero-order valence-electron chi connectivity index (χ0n) is 17.9. The van der Waals surface area contributed by atoms with Crippen molar-refractivity contribution < 1.29 is 19.4 Å². The fourth-order valence-electron chi connectivity index (χ4n) is 4.33. The van der Waals surface area contributed by atoms with Gasteiger partial charge >= 0.3 is 6.09 Å². The highest BCUT2D eigenvalue weighted by atomic mass is 16.6. The van der Waals surface area contributed by atoms with E-state index in [2.05, 4.69) is 10.3 Å². The van der Waals surface area contributed by atoms with Crippen LogP contribution >= 0.6 is 0 Å². The number of hydrogen-bond acceptors (Lipinski definition) is 5. The zero-order chi connectivity index (χ0) is 21.2. The molecule has 2 N–H and O–H groups in total. The molecule has 3 rings (SSSR count). The molecule has 0 bridgehead atoms. The monoisotopic (exact) mass is 406 g/mol. The number of nitrogens with one attached hydrogen (secondary N) is 1. The van der Waals surface area contributed by atoms with Crippen LogP contribution in [0.1, 0.15) is 69.8 Å². The van der Waals surface area contributed by atoms with Crippen LogP contribution in [0.2, 0.25) is 0 Å². The first-order valence-electron chi connectivity index (χ1n) is 10.6. The summed E-state index contributed by atoms with van der Waals surface area (Å²) in [5.41, 5.74) is -0.0466. The van der Waals surface area contributed by atoms with Crippen LogP contribution in [-0.4, -0.2) is 61.9 Å². The van der Waals surface area contributed by atoms with Crippen molar-refractivity contribution in [3.05, 3.63) is 18.2 Å². The van der Waals surface area contributed by atoms with Gasteiger partial charge in [0.15, 0.2) is 0 Å². The summed E-state index contributed by atoms with van der Waals surface area (Å²) >= 11 is 0. The molecule has 162 valence electrons. The van der Waals surface area contributed by atoms with Crippen LogP contribution in [0, 0.1) is 5.92 Å². The van der Waals surface area contributed by atoms with Crippen LogP contribution in [0.15, 0.2) is 12.5 Å². The van der Waals surface area contributed by atoms with Gasteiger partial charge in [-0.2, -0.15) is 0 Å². The number of carbonyl (C=O) groups excluding carboxylic acids is 2. The summed E-state index contributed by atoms with van der Waals surface area (Å²) < 4.78 is 7.14. The number of imidazole rings is 1. The third kappa shape index (κ3) is 5.50. The maximum atomic E-state index is 13.2. The van der Waals surface area contributed by atoms with Gasteiger partial charge in [-0.05, 0) is 65.2 Å². The molecule has 1 heterocycles. The Labute approximate surface area is 172 Å².